The van der Waals surface area contributed by atoms with Crippen LogP contribution in [-0.4, -0.2) is 35.0 Å². The van der Waals surface area contributed by atoms with Crippen molar-refractivity contribution in [2.75, 3.05) is 13.1 Å². The average molecular weight is 247 g/mol. The Hall–Kier alpha value is -1.84. The van der Waals surface area contributed by atoms with Gasteiger partial charge < -0.3 is 10.0 Å². The smallest absolute Gasteiger partial charge is 0.308 e. The minimum atomic E-state index is -0.877. The first kappa shape index (κ1) is 12.6. The zero-order valence-corrected chi connectivity index (χ0v) is 10.4. The summed E-state index contributed by atoms with van der Waals surface area (Å²) < 4.78 is 0. The van der Waals surface area contributed by atoms with Crippen molar-refractivity contribution in [1.29, 1.82) is 0 Å². The van der Waals surface area contributed by atoms with Gasteiger partial charge in [-0.1, -0.05) is 37.3 Å². The molecule has 1 N–H and O–H groups in total. The Kier molecular flexibility index (Phi) is 3.65. The van der Waals surface area contributed by atoms with E-state index in [1.807, 2.05) is 30.3 Å². The van der Waals surface area contributed by atoms with Gasteiger partial charge in [0.2, 0.25) is 5.91 Å². The zero-order valence-electron chi connectivity index (χ0n) is 10.4. The quantitative estimate of drug-likeness (QED) is 0.881. The van der Waals surface area contributed by atoms with E-state index in [1.165, 1.54) is 5.56 Å². The van der Waals surface area contributed by atoms with E-state index in [4.69, 9.17) is 5.11 Å². The molecule has 1 aliphatic heterocycles. The molecule has 2 atom stereocenters. The van der Waals surface area contributed by atoms with Gasteiger partial charge in [-0.2, -0.15) is 0 Å². The molecule has 1 aromatic rings. The van der Waals surface area contributed by atoms with Gasteiger partial charge in [-0.05, 0) is 11.5 Å². The van der Waals surface area contributed by atoms with Crippen molar-refractivity contribution < 1.29 is 14.7 Å². The first-order chi connectivity index (χ1) is 8.58. The van der Waals surface area contributed by atoms with E-state index >= 15 is 0 Å². The van der Waals surface area contributed by atoms with Crippen molar-refractivity contribution in [3.8, 4) is 0 Å². The van der Waals surface area contributed by atoms with Crippen LogP contribution in [0.25, 0.3) is 0 Å². The molecule has 1 fully saturated rings. The summed E-state index contributed by atoms with van der Waals surface area (Å²) in [6.07, 6.45) is 0.136. The highest BCUT2D eigenvalue weighted by Gasteiger charge is 2.34. The second kappa shape index (κ2) is 5.21. The third kappa shape index (κ3) is 2.70. The van der Waals surface area contributed by atoms with Crippen molar-refractivity contribution in [1.82, 2.24) is 4.90 Å². The first-order valence-electron chi connectivity index (χ1n) is 6.13. The van der Waals surface area contributed by atoms with Crippen molar-refractivity contribution in [2.24, 2.45) is 5.92 Å². The van der Waals surface area contributed by atoms with Crippen LogP contribution in [0.2, 0.25) is 0 Å². The molecule has 4 heteroatoms. The van der Waals surface area contributed by atoms with Crippen LogP contribution in [0.3, 0.4) is 0 Å². The summed E-state index contributed by atoms with van der Waals surface area (Å²) in [4.78, 5) is 24.3. The van der Waals surface area contributed by atoms with Crippen LogP contribution in [0.4, 0.5) is 0 Å². The molecule has 0 bridgehead atoms. The monoisotopic (exact) mass is 247 g/mol. The minimum absolute atomic E-state index is 0.0508. The van der Waals surface area contributed by atoms with E-state index in [-0.39, 0.29) is 18.2 Å². The fourth-order valence-corrected chi connectivity index (χ4v) is 2.33. The third-order valence-corrected chi connectivity index (χ3v) is 3.43. The first-order valence-corrected chi connectivity index (χ1v) is 6.13. The number of nitrogens with zero attached hydrogens (tertiary/aromatic N) is 1. The summed E-state index contributed by atoms with van der Waals surface area (Å²) in [5.41, 5.74) is 1.17. The van der Waals surface area contributed by atoms with Crippen LogP contribution in [0, 0.1) is 5.92 Å². The topological polar surface area (TPSA) is 57.6 Å². The zero-order chi connectivity index (χ0) is 13.1. The maximum Gasteiger partial charge on any atom is 0.308 e. The number of carbonyl (C=O) groups excluding carboxylic acids is 1. The van der Waals surface area contributed by atoms with Gasteiger partial charge in [0.15, 0.2) is 0 Å². The van der Waals surface area contributed by atoms with Crippen molar-refractivity contribution in [3.05, 3.63) is 35.9 Å². The van der Waals surface area contributed by atoms with E-state index in [2.05, 4.69) is 6.92 Å². The number of rotatable bonds is 4. The summed E-state index contributed by atoms with van der Waals surface area (Å²) >= 11 is 0. The molecule has 18 heavy (non-hydrogen) atoms. The molecule has 0 spiro atoms. The highest BCUT2D eigenvalue weighted by atomic mass is 16.4. The number of carboxylic acids is 1. The molecular weight excluding hydrogens is 230 g/mol. The lowest BCUT2D eigenvalue weighted by molar-refractivity contribution is -0.141. The Balaban J connectivity index is 1.98. The Morgan fingerprint density at radius 1 is 1.44 bits per heavy atom. The number of benzene rings is 1. The van der Waals surface area contributed by atoms with Gasteiger partial charge in [-0.3, -0.25) is 9.59 Å². The van der Waals surface area contributed by atoms with Gasteiger partial charge in [0.25, 0.3) is 0 Å². The van der Waals surface area contributed by atoms with Crippen LogP contribution in [0.5, 0.6) is 0 Å². The maximum atomic E-state index is 11.7. The second-order valence-electron chi connectivity index (χ2n) is 4.85. The van der Waals surface area contributed by atoms with Crippen LogP contribution >= 0.6 is 0 Å². The lowest BCUT2D eigenvalue weighted by Gasteiger charge is -2.21. The number of carbonyl (C=O) groups is 2. The van der Waals surface area contributed by atoms with Gasteiger partial charge in [0, 0.05) is 19.5 Å². The van der Waals surface area contributed by atoms with Crippen molar-refractivity contribution in [2.45, 2.75) is 19.3 Å². The number of likely N-dealkylation sites (tertiary alicyclic amines) is 1. The molecule has 4 nitrogen and oxygen atoms in total. The molecule has 1 amide bonds. The second-order valence-corrected chi connectivity index (χ2v) is 4.85. The Labute approximate surface area is 106 Å². The number of hydrogen-bond acceptors (Lipinski definition) is 2. The third-order valence-electron chi connectivity index (χ3n) is 3.43. The Morgan fingerprint density at radius 3 is 2.67 bits per heavy atom. The molecule has 0 aromatic heterocycles. The van der Waals surface area contributed by atoms with Crippen LogP contribution in [-0.2, 0) is 9.59 Å². The lowest BCUT2D eigenvalue weighted by Crippen LogP contribution is -2.30. The van der Waals surface area contributed by atoms with Crippen molar-refractivity contribution in [3.63, 3.8) is 0 Å². The molecule has 0 saturated carbocycles. The van der Waals surface area contributed by atoms with E-state index in [0.717, 1.165) is 0 Å². The van der Waals surface area contributed by atoms with Gasteiger partial charge in [-0.25, -0.2) is 0 Å². The standard InChI is InChI=1S/C14H17NO3/c1-10(11-5-3-2-4-6-11)8-15-9-12(14(17)18)7-13(15)16/h2-6,10,12H,7-9H2,1H3,(H,17,18)/t10-,12+/m1/s1. The lowest BCUT2D eigenvalue weighted by atomic mass is 10.0. The van der Waals surface area contributed by atoms with Gasteiger partial charge >= 0.3 is 5.97 Å². The summed E-state index contributed by atoms with van der Waals surface area (Å²) in [6, 6.07) is 9.95. The summed E-state index contributed by atoms with van der Waals surface area (Å²) in [7, 11) is 0. The Morgan fingerprint density at radius 2 is 2.11 bits per heavy atom. The normalized spacial score (nSPS) is 21.1. The van der Waals surface area contributed by atoms with E-state index in [0.29, 0.717) is 13.1 Å². The van der Waals surface area contributed by atoms with Crippen molar-refractivity contribution >= 4 is 11.9 Å². The highest BCUT2D eigenvalue weighted by molar-refractivity contribution is 5.86. The van der Waals surface area contributed by atoms with E-state index in [9.17, 15) is 9.59 Å². The average Bonchev–Trinajstić information content (AvgIpc) is 2.72. The Bertz CT molecular complexity index is 444. The molecule has 0 unspecified atom stereocenters. The molecule has 1 aromatic carbocycles. The fraction of sp³-hybridized carbons (Fsp3) is 0.429. The molecule has 96 valence electrons. The molecule has 1 aliphatic rings. The van der Waals surface area contributed by atoms with Gasteiger partial charge in [-0.15, -0.1) is 0 Å². The largest absolute Gasteiger partial charge is 0.481 e. The van der Waals surface area contributed by atoms with E-state index in [1.54, 1.807) is 4.90 Å². The predicted molar refractivity (Wildman–Crippen MR) is 67.2 cm³/mol. The molecular formula is C14H17NO3. The van der Waals surface area contributed by atoms with Crippen LogP contribution < -0.4 is 0 Å². The molecule has 1 heterocycles. The molecule has 1 saturated heterocycles. The summed E-state index contributed by atoms with van der Waals surface area (Å²) in [5, 5.41) is 8.92. The minimum Gasteiger partial charge on any atom is -0.481 e. The molecule has 2 rings (SSSR count). The fourth-order valence-electron chi connectivity index (χ4n) is 2.33. The highest BCUT2D eigenvalue weighted by Crippen LogP contribution is 2.22. The summed E-state index contributed by atoms with van der Waals surface area (Å²) in [6.45, 7) is 2.98. The number of aliphatic carboxylic acids is 1. The number of carboxylic acid groups (broad SMARTS) is 1. The maximum absolute atomic E-state index is 11.7. The molecule has 0 aliphatic carbocycles. The van der Waals surface area contributed by atoms with Gasteiger partial charge in [0.1, 0.15) is 0 Å². The number of amides is 1. The van der Waals surface area contributed by atoms with Crippen LogP contribution in [0.15, 0.2) is 30.3 Å². The van der Waals surface area contributed by atoms with Gasteiger partial charge in [0.05, 0.1) is 5.92 Å². The van der Waals surface area contributed by atoms with E-state index < -0.39 is 11.9 Å². The van der Waals surface area contributed by atoms with Crippen LogP contribution in [0.1, 0.15) is 24.8 Å². The number of hydrogen-bond donors (Lipinski definition) is 1. The SMILES string of the molecule is C[C@H](CN1C[C@@H](C(=O)O)CC1=O)c1ccccc1. The predicted octanol–water partition coefficient (Wildman–Crippen LogP) is 1.72. The molecule has 0 radical (unpaired) electrons. The summed E-state index contributed by atoms with van der Waals surface area (Å²) in [5.74, 6) is -1.24.